The third-order valence-electron chi connectivity index (χ3n) is 7.33. The number of rotatable bonds is 4. The Kier molecular flexibility index (Phi) is 3.76. The van der Waals surface area contributed by atoms with Crippen molar-refractivity contribution < 1.29 is 14.4 Å². The second kappa shape index (κ2) is 6.39. The Balaban J connectivity index is 1.24. The maximum absolute atomic E-state index is 13.3. The first-order valence-electron chi connectivity index (χ1n) is 10.6. The Morgan fingerprint density at radius 3 is 2.23 bits per heavy atom. The molecule has 30 heavy (non-hydrogen) atoms. The molecule has 0 spiro atoms. The minimum Gasteiger partial charge on any atom is -0.348 e. The van der Waals surface area contributed by atoms with Crippen molar-refractivity contribution in [1.29, 1.82) is 0 Å². The van der Waals surface area contributed by atoms with Crippen LogP contribution in [0.15, 0.2) is 66.7 Å². The largest absolute Gasteiger partial charge is 0.348 e. The van der Waals surface area contributed by atoms with Gasteiger partial charge in [0.25, 0.3) is 5.91 Å². The van der Waals surface area contributed by atoms with Crippen LogP contribution in [0.1, 0.15) is 22.3 Å². The van der Waals surface area contributed by atoms with Crippen LogP contribution in [0.25, 0.3) is 0 Å². The summed E-state index contributed by atoms with van der Waals surface area (Å²) in [6, 6.07) is 16.5. The minimum atomic E-state index is -0.230. The zero-order valence-electron chi connectivity index (χ0n) is 16.4. The topological polar surface area (TPSA) is 66.5 Å². The normalized spacial score (nSPS) is 32.7. The number of benzene rings is 2. The van der Waals surface area contributed by atoms with Gasteiger partial charge in [0.1, 0.15) is 0 Å². The molecule has 1 aliphatic heterocycles. The van der Waals surface area contributed by atoms with Crippen molar-refractivity contribution in [3.05, 3.63) is 77.9 Å². The third kappa shape index (κ3) is 2.51. The fourth-order valence-electron chi connectivity index (χ4n) is 5.88. The van der Waals surface area contributed by atoms with E-state index < -0.39 is 0 Å². The van der Waals surface area contributed by atoms with E-state index in [0.717, 1.165) is 12.0 Å². The lowest BCUT2D eigenvalue weighted by Gasteiger charge is -2.37. The molecule has 6 atom stereocenters. The number of carbonyl (C=O) groups excluding carboxylic acids is 3. The van der Waals surface area contributed by atoms with Gasteiger partial charge >= 0.3 is 0 Å². The SMILES string of the molecule is O=C(NCc1ccccc1)c1cccc(N2C(=O)[C@@H]3[C@@H]4C=C[C@H]([C@H]5C[C@H]45)[C@@H]3C2=O)c1. The average Bonchev–Trinajstić information content (AvgIpc) is 3.56. The van der Waals surface area contributed by atoms with Crippen molar-refractivity contribution in [2.75, 3.05) is 4.90 Å². The Morgan fingerprint density at radius 2 is 1.57 bits per heavy atom. The molecule has 1 saturated heterocycles. The quantitative estimate of drug-likeness (QED) is 0.635. The summed E-state index contributed by atoms with van der Waals surface area (Å²) in [6.07, 6.45) is 5.48. The number of anilines is 1. The van der Waals surface area contributed by atoms with E-state index in [2.05, 4.69) is 17.5 Å². The fourth-order valence-corrected chi connectivity index (χ4v) is 5.88. The summed E-state index contributed by atoms with van der Waals surface area (Å²) in [5, 5.41) is 2.90. The number of allylic oxidation sites excluding steroid dienone is 2. The number of amides is 3. The van der Waals surface area contributed by atoms with E-state index in [1.165, 1.54) is 4.90 Å². The van der Waals surface area contributed by atoms with Gasteiger partial charge in [0, 0.05) is 12.1 Å². The molecule has 5 aliphatic rings. The molecule has 0 unspecified atom stereocenters. The van der Waals surface area contributed by atoms with Crippen LogP contribution in [0.5, 0.6) is 0 Å². The summed E-state index contributed by atoms with van der Waals surface area (Å²) in [5.74, 6) is 0.667. The van der Waals surface area contributed by atoms with Gasteiger partial charge in [0.15, 0.2) is 0 Å². The molecule has 7 rings (SSSR count). The lowest BCUT2D eigenvalue weighted by atomic mass is 9.63. The van der Waals surface area contributed by atoms with Gasteiger partial charge in [0.2, 0.25) is 11.8 Å². The monoisotopic (exact) mass is 398 g/mol. The highest BCUT2D eigenvalue weighted by molar-refractivity contribution is 6.23. The van der Waals surface area contributed by atoms with Crippen LogP contribution in [0.4, 0.5) is 5.69 Å². The second-order valence-electron chi connectivity index (χ2n) is 8.89. The van der Waals surface area contributed by atoms with Crippen molar-refractivity contribution in [2.24, 2.45) is 35.5 Å². The van der Waals surface area contributed by atoms with E-state index in [0.29, 0.717) is 29.6 Å². The maximum atomic E-state index is 13.3. The first kappa shape index (κ1) is 17.6. The van der Waals surface area contributed by atoms with Crippen LogP contribution in [0, 0.1) is 35.5 Å². The number of carbonyl (C=O) groups is 3. The first-order valence-corrected chi connectivity index (χ1v) is 10.6. The molecule has 3 amide bonds. The van der Waals surface area contributed by atoms with E-state index in [4.69, 9.17) is 0 Å². The third-order valence-corrected chi connectivity index (χ3v) is 7.33. The van der Waals surface area contributed by atoms with Gasteiger partial charge in [-0.3, -0.25) is 14.4 Å². The molecule has 2 bridgehead atoms. The molecule has 2 saturated carbocycles. The fraction of sp³-hybridized carbons (Fsp3) is 0.320. The zero-order chi connectivity index (χ0) is 20.4. The Labute approximate surface area is 174 Å². The van der Waals surface area contributed by atoms with Crippen molar-refractivity contribution in [3.63, 3.8) is 0 Å². The maximum Gasteiger partial charge on any atom is 0.251 e. The molecule has 2 aromatic rings. The smallest absolute Gasteiger partial charge is 0.251 e. The summed E-state index contributed by atoms with van der Waals surface area (Å²) < 4.78 is 0. The van der Waals surface area contributed by atoms with Gasteiger partial charge in [-0.2, -0.15) is 0 Å². The highest BCUT2D eigenvalue weighted by Gasteiger charge is 2.67. The summed E-state index contributed by atoms with van der Waals surface area (Å²) in [6.45, 7) is 0.424. The molecular formula is C25H22N2O3. The number of imide groups is 1. The van der Waals surface area contributed by atoms with E-state index in [1.807, 2.05) is 30.3 Å². The van der Waals surface area contributed by atoms with E-state index in [-0.39, 0.29) is 41.4 Å². The lowest BCUT2D eigenvalue weighted by molar-refractivity contribution is -0.124. The number of hydrogen-bond donors (Lipinski definition) is 1. The minimum absolute atomic E-state index is 0.100. The van der Waals surface area contributed by atoms with Crippen LogP contribution in [-0.4, -0.2) is 17.7 Å². The van der Waals surface area contributed by atoms with Crippen molar-refractivity contribution in [3.8, 4) is 0 Å². The van der Waals surface area contributed by atoms with E-state index in [9.17, 15) is 14.4 Å². The lowest BCUT2D eigenvalue weighted by Crippen LogP contribution is -2.40. The Morgan fingerprint density at radius 1 is 0.900 bits per heavy atom. The van der Waals surface area contributed by atoms with Gasteiger partial charge in [0.05, 0.1) is 17.5 Å². The molecule has 150 valence electrons. The van der Waals surface area contributed by atoms with E-state index >= 15 is 0 Å². The molecular weight excluding hydrogens is 376 g/mol. The van der Waals surface area contributed by atoms with Crippen molar-refractivity contribution in [2.45, 2.75) is 13.0 Å². The highest BCUT2D eigenvalue weighted by atomic mass is 16.2. The number of nitrogens with zero attached hydrogens (tertiary/aromatic N) is 1. The molecule has 5 nitrogen and oxygen atoms in total. The molecule has 5 heteroatoms. The molecule has 1 heterocycles. The van der Waals surface area contributed by atoms with Gasteiger partial charge in [-0.05, 0) is 53.9 Å². The zero-order valence-corrected chi connectivity index (χ0v) is 16.4. The van der Waals surface area contributed by atoms with Crippen LogP contribution in [0.2, 0.25) is 0 Å². The Bertz CT molecular complexity index is 1060. The summed E-state index contributed by atoms with van der Waals surface area (Å²) in [4.78, 5) is 40.5. The van der Waals surface area contributed by atoms with Gasteiger partial charge < -0.3 is 5.32 Å². The Hall–Kier alpha value is -3.21. The van der Waals surface area contributed by atoms with Crippen molar-refractivity contribution >= 4 is 23.4 Å². The molecule has 0 aromatic heterocycles. The van der Waals surface area contributed by atoms with Crippen LogP contribution in [-0.2, 0) is 16.1 Å². The predicted octanol–water partition coefficient (Wildman–Crippen LogP) is 3.17. The summed E-state index contributed by atoms with van der Waals surface area (Å²) in [7, 11) is 0. The van der Waals surface area contributed by atoms with Crippen molar-refractivity contribution in [1.82, 2.24) is 5.32 Å². The molecule has 2 aromatic carbocycles. The molecule has 1 N–H and O–H groups in total. The highest BCUT2D eigenvalue weighted by Crippen LogP contribution is 2.65. The molecule has 3 fully saturated rings. The van der Waals surface area contributed by atoms with E-state index in [1.54, 1.807) is 24.3 Å². The number of hydrogen-bond acceptors (Lipinski definition) is 3. The van der Waals surface area contributed by atoms with Crippen LogP contribution >= 0.6 is 0 Å². The summed E-state index contributed by atoms with van der Waals surface area (Å²) >= 11 is 0. The van der Waals surface area contributed by atoms with Crippen LogP contribution < -0.4 is 10.2 Å². The number of nitrogens with one attached hydrogen (secondary N) is 1. The first-order chi connectivity index (χ1) is 14.6. The standard InChI is InChI=1S/C25H22N2O3/c28-23(26-13-14-5-2-1-3-6-14)15-7-4-8-16(11-15)27-24(29)21-17-9-10-18(20-12-19(17)20)22(21)25(27)30/h1-11,17-22H,12-13H2,(H,26,28)/t17-,18-,19-,20-,21-,22+/m1/s1. The van der Waals surface area contributed by atoms with Crippen LogP contribution in [0.3, 0.4) is 0 Å². The molecule has 0 radical (unpaired) electrons. The predicted molar refractivity (Wildman–Crippen MR) is 111 cm³/mol. The average molecular weight is 398 g/mol. The molecule has 4 aliphatic carbocycles. The van der Waals surface area contributed by atoms with Gasteiger partial charge in [-0.25, -0.2) is 4.90 Å². The van der Waals surface area contributed by atoms with Gasteiger partial charge in [-0.1, -0.05) is 48.6 Å². The summed E-state index contributed by atoms with van der Waals surface area (Å²) in [5.41, 5.74) is 1.96. The van der Waals surface area contributed by atoms with Gasteiger partial charge in [-0.15, -0.1) is 0 Å². The second-order valence-corrected chi connectivity index (χ2v) is 8.89.